The number of halogens is 2. The summed E-state index contributed by atoms with van der Waals surface area (Å²) in [5, 5.41) is 15.0. The van der Waals surface area contributed by atoms with Gasteiger partial charge in [-0.2, -0.15) is 8.78 Å². The van der Waals surface area contributed by atoms with Crippen LogP contribution in [0.25, 0.3) is 0 Å². The van der Waals surface area contributed by atoms with E-state index in [1.165, 1.54) is 23.9 Å². The first kappa shape index (κ1) is 22.5. The van der Waals surface area contributed by atoms with Crippen molar-refractivity contribution in [2.24, 2.45) is 0 Å². The van der Waals surface area contributed by atoms with Crippen molar-refractivity contribution in [3.8, 4) is 11.5 Å². The highest BCUT2D eigenvalue weighted by Crippen LogP contribution is 2.17. The van der Waals surface area contributed by atoms with E-state index >= 15 is 0 Å². The number of hydrogen-bond acceptors (Lipinski definition) is 7. The largest absolute Gasteiger partial charge is 0.497 e. The molecule has 3 rings (SSSR count). The van der Waals surface area contributed by atoms with Crippen molar-refractivity contribution in [3.63, 3.8) is 0 Å². The van der Waals surface area contributed by atoms with Gasteiger partial charge in [-0.3, -0.25) is 4.79 Å². The summed E-state index contributed by atoms with van der Waals surface area (Å²) in [5.74, 6) is 0.891. The number of carbonyl (C=O) groups is 1. The van der Waals surface area contributed by atoms with Crippen LogP contribution in [0.15, 0.2) is 53.7 Å². The Morgan fingerprint density at radius 1 is 1.10 bits per heavy atom. The van der Waals surface area contributed by atoms with Gasteiger partial charge in [-0.25, -0.2) is 4.68 Å². The number of tetrazole rings is 1. The molecule has 31 heavy (non-hydrogen) atoms. The van der Waals surface area contributed by atoms with Gasteiger partial charge in [0.2, 0.25) is 11.1 Å². The number of nitrogens with zero attached hydrogens (tertiary/aromatic N) is 4. The van der Waals surface area contributed by atoms with E-state index < -0.39 is 6.61 Å². The van der Waals surface area contributed by atoms with Gasteiger partial charge < -0.3 is 14.8 Å². The second-order valence-corrected chi connectivity index (χ2v) is 7.32. The molecule has 0 fully saturated rings. The lowest BCUT2D eigenvalue weighted by Gasteiger charge is -2.08. The van der Waals surface area contributed by atoms with Crippen LogP contribution < -0.4 is 14.8 Å². The molecule has 0 radical (unpaired) electrons. The van der Waals surface area contributed by atoms with Gasteiger partial charge in [0.05, 0.1) is 19.4 Å². The zero-order valence-electron chi connectivity index (χ0n) is 16.7. The smallest absolute Gasteiger partial charge is 0.387 e. The minimum Gasteiger partial charge on any atom is -0.497 e. The third-order valence-corrected chi connectivity index (χ3v) is 5.16. The SMILES string of the molecule is COc1ccc(Cn2nnnc2SCC(=O)NCCc2ccc(OC(F)F)cc2)cc1. The average molecular weight is 449 g/mol. The number of thioether (sulfide) groups is 1. The van der Waals surface area contributed by atoms with Crippen molar-refractivity contribution >= 4 is 17.7 Å². The van der Waals surface area contributed by atoms with Gasteiger partial charge in [0.1, 0.15) is 11.5 Å². The van der Waals surface area contributed by atoms with Crippen molar-refractivity contribution in [1.82, 2.24) is 25.5 Å². The molecule has 11 heteroatoms. The van der Waals surface area contributed by atoms with E-state index in [9.17, 15) is 13.6 Å². The second kappa shape index (κ2) is 11.3. The number of amides is 1. The number of rotatable bonds is 11. The van der Waals surface area contributed by atoms with Crippen LogP contribution in [0.4, 0.5) is 8.78 Å². The van der Waals surface area contributed by atoms with Crippen LogP contribution in [0.2, 0.25) is 0 Å². The Labute approximate surface area is 181 Å². The first-order chi connectivity index (χ1) is 15.0. The summed E-state index contributed by atoms with van der Waals surface area (Å²) in [7, 11) is 1.61. The van der Waals surface area contributed by atoms with Crippen LogP contribution in [-0.2, 0) is 17.8 Å². The number of carbonyl (C=O) groups excluding carboxylic acids is 1. The number of hydrogen-bond donors (Lipinski definition) is 1. The Balaban J connectivity index is 1.41. The lowest BCUT2D eigenvalue weighted by Crippen LogP contribution is -2.27. The molecule has 1 amide bonds. The summed E-state index contributed by atoms with van der Waals surface area (Å²) >= 11 is 1.25. The molecule has 0 aliphatic carbocycles. The maximum absolute atomic E-state index is 12.2. The van der Waals surface area contributed by atoms with E-state index in [0.29, 0.717) is 24.7 Å². The highest BCUT2D eigenvalue weighted by atomic mass is 32.2. The summed E-state index contributed by atoms with van der Waals surface area (Å²) in [5.41, 5.74) is 1.90. The zero-order chi connectivity index (χ0) is 22.1. The van der Waals surface area contributed by atoms with Crippen molar-refractivity contribution in [3.05, 3.63) is 59.7 Å². The molecule has 0 saturated heterocycles. The zero-order valence-corrected chi connectivity index (χ0v) is 17.5. The fraction of sp³-hybridized carbons (Fsp3) is 0.300. The molecule has 164 valence electrons. The quantitative estimate of drug-likeness (QED) is 0.450. The van der Waals surface area contributed by atoms with Crippen LogP contribution in [-0.4, -0.2) is 52.1 Å². The maximum atomic E-state index is 12.2. The van der Waals surface area contributed by atoms with E-state index in [0.717, 1.165) is 16.9 Å². The summed E-state index contributed by atoms with van der Waals surface area (Å²) in [4.78, 5) is 12.1. The van der Waals surface area contributed by atoms with Gasteiger partial charge in [-0.1, -0.05) is 36.0 Å². The Hall–Kier alpha value is -3.21. The fourth-order valence-electron chi connectivity index (χ4n) is 2.67. The predicted molar refractivity (Wildman–Crippen MR) is 110 cm³/mol. The van der Waals surface area contributed by atoms with E-state index in [4.69, 9.17) is 4.74 Å². The molecule has 1 heterocycles. The summed E-state index contributed by atoms with van der Waals surface area (Å²) in [6.07, 6.45) is 0.570. The maximum Gasteiger partial charge on any atom is 0.387 e. The number of benzene rings is 2. The van der Waals surface area contributed by atoms with Gasteiger partial charge in [0.15, 0.2) is 0 Å². The molecule has 0 saturated carbocycles. The lowest BCUT2D eigenvalue weighted by molar-refractivity contribution is -0.118. The molecular weight excluding hydrogens is 428 g/mol. The Bertz CT molecular complexity index is 968. The highest BCUT2D eigenvalue weighted by Gasteiger charge is 2.11. The normalized spacial score (nSPS) is 10.8. The van der Waals surface area contributed by atoms with Gasteiger partial charge in [-0.15, -0.1) is 5.10 Å². The number of alkyl halides is 2. The molecule has 1 aromatic heterocycles. The summed E-state index contributed by atoms with van der Waals surface area (Å²) in [6.45, 7) is -1.95. The number of ether oxygens (including phenoxy) is 2. The molecule has 1 N–H and O–H groups in total. The molecular formula is C20H21F2N5O3S. The van der Waals surface area contributed by atoms with Gasteiger partial charge in [-0.05, 0) is 52.2 Å². The van der Waals surface area contributed by atoms with Crippen LogP contribution >= 0.6 is 11.8 Å². The fourth-order valence-corrected chi connectivity index (χ4v) is 3.37. The Morgan fingerprint density at radius 3 is 2.45 bits per heavy atom. The van der Waals surface area contributed by atoms with Crippen molar-refractivity contribution in [2.75, 3.05) is 19.4 Å². The molecule has 0 unspecified atom stereocenters. The molecule has 0 atom stereocenters. The van der Waals surface area contributed by atoms with Crippen molar-refractivity contribution in [1.29, 1.82) is 0 Å². The molecule has 0 bridgehead atoms. The first-order valence-corrected chi connectivity index (χ1v) is 10.3. The topological polar surface area (TPSA) is 91.2 Å². The summed E-state index contributed by atoms with van der Waals surface area (Å²) < 4.78 is 35.4. The minimum atomic E-state index is -2.85. The third kappa shape index (κ3) is 7.21. The molecule has 3 aromatic rings. The molecule has 2 aromatic carbocycles. The first-order valence-electron chi connectivity index (χ1n) is 9.36. The second-order valence-electron chi connectivity index (χ2n) is 6.38. The minimum absolute atomic E-state index is 0.103. The van der Waals surface area contributed by atoms with Crippen LogP contribution in [0.3, 0.4) is 0 Å². The average Bonchev–Trinajstić information content (AvgIpc) is 3.20. The predicted octanol–water partition coefficient (Wildman–Crippen LogP) is 2.78. The van der Waals surface area contributed by atoms with Gasteiger partial charge in [0, 0.05) is 6.54 Å². The van der Waals surface area contributed by atoms with Crippen LogP contribution in [0.5, 0.6) is 11.5 Å². The summed E-state index contributed by atoms with van der Waals surface area (Å²) in [6, 6.07) is 13.9. The number of nitrogens with one attached hydrogen (secondary N) is 1. The van der Waals surface area contributed by atoms with Crippen molar-refractivity contribution < 1.29 is 23.0 Å². The van der Waals surface area contributed by atoms with Crippen molar-refractivity contribution in [2.45, 2.75) is 24.7 Å². The third-order valence-electron chi connectivity index (χ3n) is 4.21. The highest BCUT2D eigenvalue weighted by molar-refractivity contribution is 7.99. The number of methoxy groups -OCH3 is 1. The van der Waals surface area contributed by atoms with Crippen LogP contribution in [0, 0.1) is 0 Å². The lowest BCUT2D eigenvalue weighted by atomic mass is 10.1. The van der Waals surface area contributed by atoms with Crippen LogP contribution in [0.1, 0.15) is 11.1 Å². The monoisotopic (exact) mass is 449 g/mol. The molecule has 8 nitrogen and oxygen atoms in total. The van der Waals surface area contributed by atoms with E-state index in [1.54, 1.807) is 23.9 Å². The van der Waals surface area contributed by atoms with E-state index in [-0.39, 0.29) is 17.4 Å². The molecule has 0 aliphatic heterocycles. The Kier molecular flexibility index (Phi) is 8.16. The molecule has 0 aliphatic rings. The molecule has 0 spiro atoms. The van der Waals surface area contributed by atoms with E-state index in [1.807, 2.05) is 24.3 Å². The number of aromatic nitrogens is 4. The van der Waals surface area contributed by atoms with Gasteiger partial charge >= 0.3 is 6.61 Å². The van der Waals surface area contributed by atoms with E-state index in [2.05, 4.69) is 25.6 Å². The van der Waals surface area contributed by atoms with Gasteiger partial charge in [0.25, 0.3) is 0 Å². The Morgan fingerprint density at radius 2 is 1.77 bits per heavy atom. The standard InChI is InChI=1S/C20H21F2N5O3S/c1-29-16-6-4-15(5-7-16)12-27-20(24-25-26-27)31-13-18(28)23-11-10-14-2-8-17(9-3-14)30-19(21)22/h2-9,19H,10-13H2,1H3,(H,23,28).